The van der Waals surface area contributed by atoms with Crippen LogP contribution in [-0.2, 0) is 12.8 Å². The van der Waals surface area contributed by atoms with Gasteiger partial charge in [-0.1, -0.05) is 12.1 Å². The zero-order valence-electron chi connectivity index (χ0n) is 12.3. The second-order valence-electron chi connectivity index (χ2n) is 5.54. The Bertz CT molecular complexity index is 812. The van der Waals surface area contributed by atoms with Crippen LogP contribution < -0.4 is 9.47 Å². The molecule has 0 spiro atoms. The molecule has 0 N–H and O–H groups in total. The first-order chi connectivity index (χ1) is 11.2. The molecule has 0 saturated carbocycles. The molecule has 0 radical (unpaired) electrons. The van der Waals surface area contributed by atoms with Gasteiger partial charge in [-0.15, -0.1) is 0 Å². The predicted molar refractivity (Wildman–Crippen MR) is 84.5 cm³/mol. The molecule has 0 unspecified atom stereocenters. The van der Waals surface area contributed by atoms with Crippen LogP contribution in [0, 0.1) is 10.1 Å². The third-order valence-corrected chi connectivity index (χ3v) is 4.11. The minimum Gasteiger partial charge on any atom is -0.454 e. The van der Waals surface area contributed by atoms with Crippen molar-refractivity contribution in [2.45, 2.75) is 12.8 Å². The Morgan fingerprint density at radius 2 is 1.87 bits per heavy atom. The fourth-order valence-electron chi connectivity index (χ4n) is 2.94. The van der Waals surface area contributed by atoms with Crippen molar-refractivity contribution < 1.29 is 14.4 Å². The fraction of sp³-hybridized carbons (Fsp3) is 0.235. The molecule has 6 heteroatoms. The van der Waals surface area contributed by atoms with Crippen LogP contribution in [0.3, 0.4) is 0 Å². The van der Waals surface area contributed by atoms with Crippen LogP contribution >= 0.6 is 0 Å². The molecule has 2 aliphatic heterocycles. The average molecular weight is 310 g/mol. The lowest BCUT2D eigenvalue weighted by molar-refractivity contribution is -0.384. The number of nitrogens with zero attached hydrogens (tertiary/aromatic N) is 2. The van der Waals surface area contributed by atoms with Crippen molar-refractivity contribution in [2.24, 2.45) is 4.99 Å². The summed E-state index contributed by atoms with van der Waals surface area (Å²) in [5.41, 5.74) is 4.38. The number of fused-ring (bicyclic) bond motifs is 2. The molecule has 2 aliphatic rings. The van der Waals surface area contributed by atoms with Gasteiger partial charge in [-0.25, -0.2) is 0 Å². The molecule has 4 rings (SSSR count). The van der Waals surface area contributed by atoms with Gasteiger partial charge in [0.2, 0.25) is 6.79 Å². The molecule has 0 amide bonds. The Morgan fingerprint density at radius 1 is 1.13 bits per heavy atom. The van der Waals surface area contributed by atoms with Crippen LogP contribution in [0.1, 0.15) is 16.7 Å². The fourth-order valence-corrected chi connectivity index (χ4v) is 2.94. The van der Waals surface area contributed by atoms with Crippen LogP contribution in [0.2, 0.25) is 0 Å². The maximum absolute atomic E-state index is 10.7. The van der Waals surface area contributed by atoms with Crippen molar-refractivity contribution in [3.05, 3.63) is 63.2 Å². The normalized spacial score (nSPS) is 15.0. The van der Waals surface area contributed by atoms with E-state index >= 15 is 0 Å². The molecule has 0 fully saturated rings. The standard InChI is InChI=1S/C17H14N2O4/c20-19(21)13-3-1-11(2-4-13)7-15-14-9-17-16(22-10-23-17)8-12(14)5-6-18-15/h1-4,8-9H,5-7,10H2. The quantitative estimate of drug-likeness (QED) is 0.645. The third-order valence-electron chi connectivity index (χ3n) is 4.11. The lowest BCUT2D eigenvalue weighted by Crippen LogP contribution is -2.15. The number of nitro groups is 1. The van der Waals surface area contributed by atoms with Gasteiger partial charge < -0.3 is 9.47 Å². The lowest BCUT2D eigenvalue weighted by Gasteiger charge is -2.17. The number of rotatable bonds is 3. The first-order valence-electron chi connectivity index (χ1n) is 7.40. The Hall–Kier alpha value is -2.89. The Morgan fingerprint density at radius 3 is 2.61 bits per heavy atom. The summed E-state index contributed by atoms with van der Waals surface area (Å²) in [6, 6.07) is 10.6. The van der Waals surface area contributed by atoms with Gasteiger partial charge in [0, 0.05) is 36.4 Å². The van der Waals surface area contributed by atoms with Gasteiger partial charge in [-0.2, -0.15) is 0 Å². The molecule has 23 heavy (non-hydrogen) atoms. The van der Waals surface area contributed by atoms with Crippen molar-refractivity contribution in [3.63, 3.8) is 0 Å². The van der Waals surface area contributed by atoms with Gasteiger partial charge in [-0.3, -0.25) is 15.1 Å². The van der Waals surface area contributed by atoms with E-state index in [1.807, 2.05) is 12.1 Å². The molecule has 0 aromatic heterocycles. The van der Waals surface area contributed by atoms with Crippen molar-refractivity contribution in [1.29, 1.82) is 0 Å². The summed E-state index contributed by atoms with van der Waals surface area (Å²) >= 11 is 0. The third kappa shape index (κ3) is 2.52. The van der Waals surface area contributed by atoms with Gasteiger partial charge in [0.15, 0.2) is 11.5 Å². The van der Waals surface area contributed by atoms with E-state index in [1.165, 1.54) is 17.7 Å². The highest BCUT2D eigenvalue weighted by Gasteiger charge is 2.22. The zero-order chi connectivity index (χ0) is 15.8. The van der Waals surface area contributed by atoms with E-state index in [0.29, 0.717) is 6.42 Å². The molecule has 0 atom stereocenters. The van der Waals surface area contributed by atoms with Crippen molar-refractivity contribution >= 4 is 11.4 Å². The summed E-state index contributed by atoms with van der Waals surface area (Å²) < 4.78 is 10.9. The maximum Gasteiger partial charge on any atom is 0.269 e. The molecule has 0 aliphatic carbocycles. The molecule has 0 bridgehead atoms. The van der Waals surface area contributed by atoms with Crippen molar-refractivity contribution in [1.82, 2.24) is 0 Å². The Kier molecular flexibility index (Phi) is 3.22. The lowest BCUT2D eigenvalue weighted by atomic mass is 9.93. The van der Waals surface area contributed by atoms with E-state index in [1.54, 1.807) is 12.1 Å². The summed E-state index contributed by atoms with van der Waals surface area (Å²) in [6.45, 7) is 1.00. The predicted octanol–water partition coefficient (Wildman–Crippen LogP) is 2.91. The summed E-state index contributed by atoms with van der Waals surface area (Å²) in [4.78, 5) is 15.0. The summed E-state index contributed by atoms with van der Waals surface area (Å²) in [5, 5.41) is 10.7. The first kappa shape index (κ1) is 13.8. The second kappa shape index (κ2) is 5.39. The van der Waals surface area contributed by atoms with Gasteiger partial charge in [-0.05, 0) is 29.7 Å². The van der Waals surface area contributed by atoms with E-state index in [9.17, 15) is 10.1 Å². The number of hydrogen-bond donors (Lipinski definition) is 0. The summed E-state index contributed by atoms with van der Waals surface area (Å²) in [5.74, 6) is 1.54. The zero-order valence-corrected chi connectivity index (χ0v) is 12.3. The van der Waals surface area contributed by atoms with Crippen LogP contribution in [0.5, 0.6) is 11.5 Å². The van der Waals surface area contributed by atoms with E-state index < -0.39 is 4.92 Å². The number of nitro benzene ring substituents is 1. The average Bonchev–Trinajstić information content (AvgIpc) is 3.01. The number of aliphatic imine (C=N–C) groups is 1. The van der Waals surface area contributed by atoms with Gasteiger partial charge >= 0.3 is 0 Å². The Balaban J connectivity index is 1.63. The number of ether oxygens (including phenoxy) is 2. The monoisotopic (exact) mass is 310 g/mol. The summed E-state index contributed by atoms with van der Waals surface area (Å²) in [7, 11) is 0. The summed E-state index contributed by atoms with van der Waals surface area (Å²) in [6.07, 6.45) is 1.53. The SMILES string of the molecule is O=[N+]([O-])c1ccc(CC2=NCCc3cc4c(cc32)OCO4)cc1. The molecule has 2 heterocycles. The minimum absolute atomic E-state index is 0.100. The van der Waals surface area contributed by atoms with Gasteiger partial charge in [0.05, 0.1) is 4.92 Å². The van der Waals surface area contributed by atoms with Crippen LogP contribution in [0.15, 0.2) is 41.4 Å². The second-order valence-corrected chi connectivity index (χ2v) is 5.54. The van der Waals surface area contributed by atoms with Crippen LogP contribution in [0.4, 0.5) is 5.69 Å². The molecule has 2 aromatic carbocycles. The van der Waals surface area contributed by atoms with E-state index in [4.69, 9.17) is 9.47 Å². The maximum atomic E-state index is 10.7. The number of benzene rings is 2. The molecule has 6 nitrogen and oxygen atoms in total. The van der Waals surface area contributed by atoms with Gasteiger partial charge in [0.25, 0.3) is 5.69 Å². The van der Waals surface area contributed by atoms with E-state index in [-0.39, 0.29) is 12.5 Å². The minimum atomic E-state index is -0.391. The molecule has 0 saturated heterocycles. The molecular weight excluding hydrogens is 296 g/mol. The van der Waals surface area contributed by atoms with Crippen LogP contribution in [-0.4, -0.2) is 24.0 Å². The molecule has 116 valence electrons. The molecular formula is C17H14N2O4. The Labute approximate surface area is 132 Å². The molecule has 2 aromatic rings. The highest BCUT2D eigenvalue weighted by atomic mass is 16.7. The van der Waals surface area contributed by atoms with E-state index in [2.05, 4.69) is 4.99 Å². The van der Waals surface area contributed by atoms with E-state index in [0.717, 1.165) is 41.3 Å². The van der Waals surface area contributed by atoms with Crippen molar-refractivity contribution in [2.75, 3.05) is 13.3 Å². The number of hydrogen-bond acceptors (Lipinski definition) is 5. The number of non-ortho nitro benzene ring substituents is 1. The van der Waals surface area contributed by atoms with Crippen LogP contribution in [0.25, 0.3) is 0 Å². The van der Waals surface area contributed by atoms with Gasteiger partial charge in [0.1, 0.15) is 0 Å². The smallest absolute Gasteiger partial charge is 0.269 e. The van der Waals surface area contributed by atoms with Crippen molar-refractivity contribution in [3.8, 4) is 11.5 Å². The highest BCUT2D eigenvalue weighted by Crippen LogP contribution is 2.36. The first-order valence-corrected chi connectivity index (χ1v) is 7.40. The topological polar surface area (TPSA) is 74.0 Å². The highest BCUT2D eigenvalue weighted by molar-refractivity contribution is 6.04. The largest absolute Gasteiger partial charge is 0.454 e.